The minimum absolute atomic E-state index is 0.257. The summed E-state index contributed by atoms with van der Waals surface area (Å²) in [6.45, 7) is 3.95. The van der Waals surface area contributed by atoms with Crippen molar-refractivity contribution in [2.45, 2.75) is 13.8 Å². The molecule has 0 radical (unpaired) electrons. The molecule has 4 rings (SSSR count). The highest BCUT2D eigenvalue weighted by Gasteiger charge is 2.17. The highest BCUT2D eigenvalue weighted by Crippen LogP contribution is 2.29. The molecule has 3 heterocycles. The molecule has 4 aromatic rings. The Labute approximate surface area is 178 Å². The summed E-state index contributed by atoms with van der Waals surface area (Å²) in [6.07, 6.45) is 3.42. The van der Waals surface area contributed by atoms with E-state index in [0.717, 1.165) is 33.8 Å². The van der Waals surface area contributed by atoms with Crippen LogP contribution in [0.4, 0.5) is 5.13 Å². The highest BCUT2D eigenvalue weighted by atomic mass is 32.1. The molecule has 0 saturated carbocycles. The summed E-state index contributed by atoms with van der Waals surface area (Å²) in [4.78, 5) is 26.4. The fourth-order valence-electron chi connectivity index (χ4n) is 3.19. The second-order valence-electron chi connectivity index (χ2n) is 6.74. The van der Waals surface area contributed by atoms with Gasteiger partial charge in [0.05, 0.1) is 24.1 Å². The first kappa shape index (κ1) is 19.7. The number of hydrogen-bond acceptors (Lipinski definition) is 6. The number of pyridine rings is 2. The zero-order valence-electron chi connectivity index (χ0n) is 16.8. The molecule has 1 amide bonds. The molecule has 0 spiro atoms. The Morgan fingerprint density at radius 1 is 1.00 bits per heavy atom. The Morgan fingerprint density at radius 2 is 1.77 bits per heavy atom. The van der Waals surface area contributed by atoms with E-state index in [0.29, 0.717) is 16.4 Å². The summed E-state index contributed by atoms with van der Waals surface area (Å²) in [5, 5.41) is 5.30. The molecular weight excluding hydrogens is 396 g/mol. The predicted molar refractivity (Wildman–Crippen MR) is 119 cm³/mol. The monoisotopic (exact) mass is 416 g/mol. The molecule has 7 heteroatoms. The molecule has 0 bridgehead atoms. The van der Waals surface area contributed by atoms with Gasteiger partial charge in [0.1, 0.15) is 11.4 Å². The Morgan fingerprint density at radius 3 is 2.50 bits per heavy atom. The maximum atomic E-state index is 13.0. The lowest BCUT2D eigenvalue weighted by atomic mass is 10.0. The van der Waals surface area contributed by atoms with Gasteiger partial charge in [-0.3, -0.25) is 20.1 Å². The van der Waals surface area contributed by atoms with Crippen LogP contribution in [0.2, 0.25) is 0 Å². The molecule has 3 aromatic heterocycles. The number of anilines is 1. The first-order chi connectivity index (χ1) is 14.6. The van der Waals surface area contributed by atoms with Gasteiger partial charge in [0.2, 0.25) is 0 Å². The van der Waals surface area contributed by atoms with E-state index in [1.165, 1.54) is 11.3 Å². The van der Waals surface area contributed by atoms with Crippen LogP contribution in [-0.2, 0) is 0 Å². The number of carbonyl (C=O) groups excluding carboxylic acids is 1. The Kier molecular flexibility index (Phi) is 5.54. The molecule has 0 aliphatic carbocycles. The lowest BCUT2D eigenvalue weighted by Gasteiger charge is -2.11. The number of nitrogens with one attached hydrogen (secondary N) is 1. The minimum Gasteiger partial charge on any atom is -0.497 e. The summed E-state index contributed by atoms with van der Waals surface area (Å²) in [7, 11) is 1.63. The molecule has 0 aliphatic heterocycles. The van der Waals surface area contributed by atoms with E-state index in [1.54, 1.807) is 31.6 Å². The fraction of sp³-hybridized carbons (Fsp3) is 0.130. The molecule has 0 unspecified atom stereocenters. The molecule has 1 N–H and O–H groups in total. The smallest absolute Gasteiger partial charge is 0.259 e. The zero-order chi connectivity index (χ0) is 21.1. The molecule has 0 aliphatic rings. The lowest BCUT2D eigenvalue weighted by molar-refractivity contribution is 0.102. The number of benzene rings is 1. The first-order valence-electron chi connectivity index (χ1n) is 9.35. The average molecular weight is 417 g/mol. The van der Waals surface area contributed by atoms with Crippen LogP contribution in [0.25, 0.3) is 22.6 Å². The number of hydrogen-bond donors (Lipinski definition) is 1. The van der Waals surface area contributed by atoms with Crippen LogP contribution in [0, 0.1) is 13.8 Å². The van der Waals surface area contributed by atoms with E-state index in [1.807, 2.05) is 49.6 Å². The van der Waals surface area contributed by atoms with Crippen LogP contribution in [0.5, 0.6) is 5.75 Å². The maximum absolute atomic E-state index is 13.0. The van der Waals surface area contributed by atoms with Crippen LogP contribution >= 0.6 is 11.3 Å². The van der Waals surface area contributed by atoms with E-state index < -0.39 is 0 Å². The van der Waals surface area contributed by atoms with Crippen LogP contribution < -0.4 is 10.1 Å². The van der Waals surface area contributed by atoms with Crippen molar-refractivity contribution in [2.75, 3.05) is 12.4 Å². The van der Waals surface area contributed by atoms with Gasteiger partial charge in [-0.25, -0.2) is 4.98 Å². The number of aromatic nitrogens is 3. The van der Waals surface area contributed by atoms with Crippen molar-refractivity contribution in [3.05, 3.63) is 76.9 Å². The third-order valence-electron chi connectivity index (χ3n) is 4.72. The number of aryl methyl sites for hydroxylation is 2. The van der Waals surface area contributed by atoms with Gasteiger partial charge >= 0.3 is 0 Å². The van der Waals surface area contributed by atoms with Crippen LogP contribution in [0.15, 0.2) is 60.2 Å². The van der Waals surface area contributed by atoms with E-state index in [4.69, 9.17) is 4.74 Å². The van der Waals surface area contributed by atoms with Gasteiger partial charge < -0.3 is 4.74 Å². The number of carbonyl (C=O) groups is 1. The molecule has 0 atom stereocenters. The van der Waals surface area contributed by atoms with E-state index in [-0.39, 0.29) is 5.91 Å². The molecule has 0 saturated heterocycles. The van der Waals surface area contributed by atoms with Gasteiger partial charge in [0.25, 0.3) is 5.91 Å². The van der Waals surface area contributed by atoms with Gasteiger partial charge in [0, 0.05) is 23.3 Å². The number of nitrogens with zero attached hydrogens (tertiary/aromatic N) is 3. The number of methoxy groups -OCH3 is 1. The highest BCUT2D eigenvalue weighted by molar-refractivity contribution is 7.14. The third-order valence-corrected chi connectivity index (χ3v) is 5.48. The number of ether oxygens (including phenoxy) is 1. The summed E-state index contributed by atoms with van der Waals surface area (Å²) >= 11 is 1.37. The van der Waals surface area contributed by atoms with Crippen molar-refractivity contribution >= 4 is 22.4 Å². The van der Waals surface area contributed by atoms with Crippen molar-refractivity contribution in [1.82, 2.24) is 15.0 Å². The summed E-state index contributed by atoms with van der Waals surface area (Å²) < 4.78 is 5.28. The van der Waals surface area contributed by atoms with Gasteiger partial charge in [-0.05, 0) is 61.4 Å². The van der Waals surface area contributed by atoms with Crippen LogP contribution in [-0.4, -0.2) is 28.0 Å². The van der Waals surface area contributed by atoms with Gasteiger partial charge in [-0.2, -0.15) is 0 Å². The Bertz CT molecular complexity index is 1220. The van der Waals surface area contributed by atoms with Crippen molar-refractivity contribution in [2.24, 2.45) is 0 Å². The minimum atomic E-state index is -0.257. The molecule has 6 nitrogen and oxygen atoms in total. The number of rotatable bonds is 5. The second kappa shape index (κ2) is 8.42. The summed E-state index contributed by atoms with van der Waals surface area (Å²) in [5.74, 6) is 0.505. The zero-order valence-corrected chi connectivity index (χ0v) is 17.7. The quantitative estimate of drug-likeness (QED) is 0.487. The Balaban J connectivity index is 1.62. The second-order valence-corrected chi connectivity index (χ2v) is 7.60. The van der Waals surface area contributed by atoms with Gasteiger partial charge in [-0.15, -0.1) is 11.3 Å². The predicted octanol–water partition coefficient (Wildman–Crippen LogP) is 5.14. The summed E-state index contributed by atoms with van der Waals surface area (Å²) in [6, 6.07) is 13.1. The van der Waals surface area contributed by atoms with Gasteiger partial charge in [0.15, 0.2) is 5.13 Å². The number of amides is 1. The van der Waals surface area contributed by atoms with Crippen molar-refractivity contribution < 1.29 is 9.53 Å². The number of thiazole rings is 1. The van der Waals surface area contributed by atoms with Gasteiger partial charge in [-0.1, -0.05) is 6.07 Å². The van der Waals surface area contributed by atoms with Crippen LogP contribution in [0.1, 0.15) is 21.5 Å². The lowest BCUT2D eigenvalue weighted by Crippen LogP contribution is -2.14. The van der Waals surface area contributed by atoms with E-state index >= 15 is 0 Å². The Hall–Kier alpha value is -3.58. The normalized spacial score (nSPS) is 10.6. The van der Waals surface area contributed by atoms with E-state index in [2.05, 4.69) is 20.3 Å². The van der Waals surface area contributed by atoms with Crippen LogP contribution in [0.3, 0.4) is 0 Å². The largest absolute Gasteiger partial charge is 0.497 e. The first-order valence-corrected chi connectivity index (χ1v) is 10.2. The molecule has 1 aromatic carbocycles. The average Bonchev–Trinajstić information content (AvgIpc) is 3.22. The summed E-state index contributed by atoms with van der Waals surface area (Å²) in [5.41, 5.74) is 5.54. The molecule has 150 valence electrons. The van der Waals surface area contributed by atoms with E-state index in [9.17, 15) is 4.79 Å². The molecular formula is C23H20N4O2S. The fourth-order valence-corrected chi connectivity index (χ4v) is 3.88. The third kappa shape index (κ3) is 3.92. The topological polar surface area (TPSA) is 77.0 Å². The standard InChI is InChI=1S/C23H20N4O2S/c1-14-6-4-10-24-20(14)19-13-30-23(26-19)27-22(28)18-7-5-11-25-21(18)17-9-8-16(29-3)12-15(17)2/h4-13H,1-3H3,(H,26,27,28). The van der Waals surface area contributed by atoms with Crippen molar-refractivity contribution in [3.8, 4) is 28.4 Å². The molecule has 0 fully saturated rings. The van der Waals surface area contributed by atoms with Crippen molar-refractivity contribution in [3.63, 3.8) is 0 Å². The van der Waals surface area contributed by atoms with Crippen molar-refractivity contribution in [1.29, 1.82) is 0 Å². The SMILES string of the molecule is COc1ccc(-c2ncccc2C(=O)Nc2nc(-c3ncccc3C)cs2)c(C)c1. The molecule has 30 heavy (non-hydrogen) atoms. The maximum Gasteiger partial charge on any atom is 0.259 e.